The fourth-order valence-electron chi connectivity index (χ4n) is 3.86. The van der Waals surface area contributed by atoms with Crippen molar-refractivity contribution >= 4 is 0 Å². The molecule has 0 aromatic heterocycles. The Hall–Kier alpha value is -0.0400. The third-order valence-corrected chi connectivity index (χ3v) is 5.17. The quantitative estimate of drug-likeness (QED) is 0.729. The third-order valence-electron chi connectivity index (χ3n) is 5.17. The lowest BCUT2D eigenvalue weighted by molar-refractivity contribution is 0.0190. The Bertz CT molecular complexity index is 230. The molecule has 0 aromatic rings. The highest BCUT2D eigenvalue weighted by atomic mass is 16.3. The van der Waals surface area contributed by atoms with Crippen molar-refractivity contribution in [3.8, 4) is 0 Å². The Morgan fingerprint density at radius 3 is 2.17 bits per heavy atom. The molecule has 0 saturated heterocycles. The van der Waals surface area contributed by atoms with Crippen molar-refractivity contribution in [3.63, 3.8) is 0 Å². The van der Waals surface area contributed by atoms with Crippen LogP contribution in [-0.4, -0.2) is 11.7 Å². The summed E-state index contributed by atoms with van der Waals surface area (Å²) < 4.78 is 0. The SMILES string of the molecule is CCCC(C)CC1(CO)CCC(C(C)(C)C)CC1. The molecule has 1 rings (SSSR count). The van der Waals surface area contributed by atoms with Crippen LogP contribution >= 0.6 is 0 Å². The second-order valence-corrected chi connectivity index (χ2v) is 7.90. The molecule has 0 spiro atoms. The van der Waals surface area contributed by atoms with Crippen molar-refractivity contribution in [3.05, 3.63) is 0 Å². The molecule has 1 aliphatic rings. The summed E-state index contributed by atoms with van der Waals surface area (Å²) in [6, 6.07) is 0. The minimum absolute atomic E-state index is 0.246. The summed E-state index contributed by atoms with van der Waals surface area (Å²) in [6.07, 6.45) is 8.90. The minimum atomic E-state index is 0.246. The van der Waals surface area contributed by atoms with Crippen molar-refractivity contribution in [1.82, 2.24) is 0 Å². The normalized spacial score (nSPS) is 31.3. The first-order valence-electron chi connectivity index (χ1n) is 7.94. The number of aliphatic hydroxyl groups is 1. The highest BCUT2D eigenvalue weighted by Gasteiger charge is 2.38. The van der Waals surface area contributed by atoms with Crippen LogP contribution in [-0.2, 0) is 0 Å². The van der Waals surface area contributed by atoms with E-state index < -0.39 is 0 Å². The predicted molar refractivity (Wildman–Crippen MR) is 79.6 cm³/mol. The van der Waals surface area contributed by atoms with E-state index in [0.29, 0.717) is 12.0 Å². The van der Waals surface area contributed by atoms with Crippen LogP contribution in [0.2, 0.25) is 0 Å². The van der Waals surface area contributed by atoms with E-state index in [2.05, 4.69) is 34.6 Å². The Morgan fingerprint density at radius 2 is 1.78 bits per heavy atom. The third kappa shape index (κ3) is 4.26. The van der Waals surface area contributed by atoms with E-state index in [1.807, 2.05) is 0 Å². The van der Waals surface area contributed by atoms with Gasteiger partial charge in [-0.25, -0.2) is 0 Å². The van der Waals surface area contributed by atoms with Crippen molar-refractivity contribution < 1.29 is 5.11 Å². The number of hydrogen-bond donors (Lipinski definition) is 1. The van der Waals surface area contributed by atoms with Gasteiger partial charge in [0.25, 0.3) is 0 Å². The van der Waals surface area contributed by atoms with Gasteiger partial charge in [-0.1, -0.05) is 47.5 Å². The highest BCUT2D eigenvalue weighted by Crippen LogP contribution is 2.48. The molecule has 1 aliphatic carbocycles. The average molecular weight is 254 g/mol. The molecule has 1 N–H and O–H groups in total. The first kappa shape index (κ1) is 16.0. The second-order valence-electron chi connectivity index (χ2n) is 7.90. The van der Waals surface area contributed by atoms with Gasteiger partial charge in [0.15, 0.2) is 0 Å². The molecule has 0 bridgehead atoms. The minimum Gasteiger partial charge on any atom is -0.396 e. The molecule has 1 atom stereocenters. The van der Waals surface area contributed by atoms with Gasteiger partial charge < -0.3 is 5.11 Å². The van der Waals surface area contributed by atoms with E-state index in [0.717, 1.165) is 11.8 Å². The van der Waals surface area contributed by atoms with Gasteiger partial charge in [-0.15, -0.1) is 0 Å². The van der Waals surface area contributed by atoms with Crippen LogP contribution in [0.1, 0.15) is 79.6 Å². The molecular formula is C17H34O. The molecule has 1 heteroatoms. The summed E-state index contributed by atoms with van der Waals surface area (Å²) in [5.74, 6) is 1.62. The van der Waals surface area contributed by atoms with Crippen LogP contribution in [0.25, 0.3) is 0 Å². The summed E-state index contributed by atoms with van der Waals surface area (Å²) in [5, 5.41) is 9.85. The molecular weight excluding hydrogens is 220 g/mol. The lowest BCUT2D eigenvalue weighted by Crippen LogP contribution is -2.36. The first-order chi connectivity index (χ1) is 8.33. The van der Waals surface area contributed by atoms with Crippen LogP contribution in [0, 0.1) is 22.7 Å². The fraction of sp³-hybridized carbons (Fsp3) is 1.00. The summed E-state index contributed by atoms with van der Waals surface area (Å²) in [5.41, 5.74) is 0.687. The second kappa shape index (κ2) is 6.41. The van der Waals surface area contributed by atoms with Crippen LogP contribution < -0.4 is 0 Å². The smallest absolute Gasteiger partial charge is 0.0487 e. The molecule has 0 radical (unpaired) electrons. The van der Waals surface area contributed by atoms with Crippen LogP contribution in [0.5, 0.6) is 0 Å². The number of aliphatic hydroxyl groups excluding tert-OH is 1. The zero-order valence-electron chi connectivity index (χ0n) is 13.3. The maximum atomic E-state index is 9.85. The topological polar surface area (TPSA) is 20.2 Å². The molecule has 0 heterocycles. The van der Waals surface area contributed by atoms with Gasteiger partial charge in [0.2, 0.25) is 0 Å². The van der Waals surface area contributed by atoms with E-state index in [1.54, 1.807) is 0 Å². The zero-order chi connectivity index (χ0) is 13.8. The molecule has 1 saturated carbocycles. The first-order valence-corrected chi connectivity index (χ1v) is 7.94. The molecule has 1 fully saturated rings. The lowest BCUT2D eigenvalue weighted by atomic mass is 9.62. The fourth-order valence-corrected chi connectivity index (χ4v) is 3.86. The lowest BCUT2D eigenvalue weighted by Gasteiger charge is -2.44. The monoisotopic (exact) mass is 254 g/mol. The molecule has 0 amide bonds. The van der Waals surface area contributed by atoms with E-state index in [9.17, 15) is 5.11 Å². The van der Waals surface area contributed by atoms with Gasteiger partial charge in [0, 0.05) is 6.61 Å². The zero-order valence-corrected chi connectivity index (χ0v) is 13.3. The van der Waals surface area contributed by atoms with Crippen LogP contribution in [0.15, 0.2) is 0 Å². The summed E-state index contributed by atoms with van der Waals surface area (Å²) in [4.78, 5) is 0. The van der Waals surface area contributed by atoms with Gasteiger partial charge in [-0.05, 0) is 54.8 Å². The Balaban J connectivity index is 2.54. The van der Waals surface area contributed by atoms with Crippen molar-refractivity contribution in [2.45, 2.75) is 79.6 Å². The maximum absolute atomic E-state index is 9.85. The molecule has 1 nitrogen and oxygen atoms in total. The maximum Gasteiger partial charge on any atom is 0.0487 e. The van der Waals surface area contributed by atoms with Gasteiger partial charge in [0.05, 0.1) is 0 Å². The highest BCUT2D eigenvalue weighted by molar-refractivity contribution is 4.89. The summed E-state index contributed by atoms with van der Waals surface area (Å²) in [7, 11) is 0. The number of rotatable bonds is 5. The largest absolute Gasteiger partial charge is 0.396 e. The molecule has 18 heavy (non-hydrogen) atoms. The summed E-state index contributed by atoms with van der Waals surface area (Å²) in [6.45, 7) is 12.1. The Kier molecular flexibility index (Phi) is 5.70. The van der Waals surface area contributed by atoms with Gasteiger partial charge in [-0.3, -0.25) is 0 Å². The van der Waals surface area contributed by atoms with E-state index >= 15 is 0 Å². The van der Waals surface area contributed by atoms with Crippen molar-refractivity contribution in [2.75, 3.05) is 6.61 Å². The number of hydrogen-bond acceptors (Lipinski definition) is 1. The van der Waals surface area contributed by atoms with Gasteiger partial charge >= 0.3 is 0 Å². The van der Waals surface area contributed by atoms with Crippen molar-refractivity contribution in [2.24, 2.45) is 22.7 Å². The molecule has 0 aliphatic heterocycles. The van der Waals surface area contributed by atoms with E-state index in [4.69, 9.17) is 0 Å². The van der Waals surface area contributed by atoms with Crippen molar-refractivity contribution in [1.29, 1.82) is 0 Å². The van der Waals surface area contributed by atoms with E-state index in [1.165, 1.54) is 44.9 Å². The van der Waals surface area contributed by atoms with Gasteiger partial charge in [-0.2, -0.15) is 0 Å². The molecule has 1 unspecified atom stereocenters. The average Bonchev–Trinajstić information content (AvgIpc) is 2.28. The Labute approximate surface area is 114 Å². The van der Waals surface area contributed by atoms with Crippen LogP contribution in [0.4, 0.5) is 0 Å². The Morgan fingerprint density at radius 1 is 1.22 bits per heavy atom. The molecule has 108 valence electrons. The standard InChI is InChI=1S/C17H34O/c1-6-7-14(2)12-17(13-18)10-8-15(9-11-17)16(3,4)5/h14-15,18H,6-13H2,1-5H3. The predicted octanol–water partition coefficient (Wildman–Crippen LogP) is 5.03. The van der Waals surface area contributed by atoms with Crippen LogP contribution in [0.3, 0.4) is 0 Å². The van der Waals surface area contributed by atoms with E-state index in [-0.39, 0.29) is 5.41 Å². The summed E-state index contributed by atoms with van der Waals surface area (Å²) >= 11 is 0. The van der Waals surface area contributed by atoms with Gasteiger partial charge in [0.1, 0.15) is 0 Å². The molecule has 0 aromatic carbocycles.